The number of allylic oxidation sites excluding steroid dienone is 1. The number of rotatable bonds is 11. The number of amides is 1. The maximum absolute atomic E-state index is 12.7. The summed E-state index contributed by atoms with van der Waals surface area (Å²) in [5.41, 5.74) is 1.19. The molecule has 0 unspecified atom stereocenters. The van der Waals surface area contributed by atoms with E-state index in [1.165, 1.54) is 23.1 Å². The molecular weight excluding hydrogens is 531 g/mol. The number of anilines is 1. The smallest absolute Gasteiger partial charge is 0.341 e. The Bertz CT molecular complexity index is 1240. The minimum absolute atomic E-state index is 0.0669. The van der Waals surface area contributed by atoms with Crippen LogP contribution < -0.4 is 10.1 Å². The maximum Gasteiger partial charge on any atom is 0.341 e. The first kappa shape index (κ1) is 27.1. The van der Waals surface area contributed by atoms with Gasteiger partial charge in [0.05, 0.1) is 22.9 Å². The molecule has 0 fully saturated rings. The highest BCUT2D eigenvalue weighted by atomic mass is 35.5. The Hall–Kier alpha value is -2.53. The van der Waals surface area contributed by atoms with Gasteiger partial charge in [0, 0.05) is 16.4 Å². The van der Waals surface area contributed by atoms with E-state index in [-0.39, 0.29) is 24.9 Å². The van der Waals surface area contributed by atoms with Crippen LogP contribution in [0.25, 0.3) is 0 Å². The first-order chi connectivity index (χ1) is 16.7. The van der Waals surface area contributed by atoms with Crippen LogP contribution in [0.5, 0.6) is 5.75 Å². The Balaban J connectivity index is 1.67. The highest BCUT2D eigenvalue weighted by Gasteiger charge is 2.22. The van der Waals surface area contributed by atoms with Crippen molar-refractivity contribution in [2.24, 2.45) is 0 Å². The lowest BCUT2D eigenvalue weighted by molar-refractivity contribution is -0.113. The van der Waals surface area contributed by atoms with Gasteiger partial charge in [0.25, 0.3) is 0 Å². The fourth-order valence-corrected chi connectivity index (χ4v) is 5.33. The standard InChI is InChI=1S/C23H24Cl2N4O4S2/c1-5-9-29-18(11-33-17-8-7-15(24)10-16(17)25)27-28-23(29)34-12-19(30)26-21-20(22(31)32-6-2)13(3)14(4)35-21/h5,7-8,10H,1,6,9,11-12H2,2-4H3,(H,26,30). The molecule has 35 heavy (non-hydrogen) atoms. The first-order valence-electron chi connectivity index (χ1n) is 10.6. The number of nitrogens with zero attached hydrogens (tertiary/aromatic N) is 3. The number of thioether (sulfide) groups is 1. The highest BCUT2D eigenvalue weighted by Crippen LogP contribution is 2.33. The molecule has 2 heterocycles. The number of halogens is 2. The van der Waals surface area contributed by atoms with Crippen molar-refractivity contribution in [3.8, 4) is 5.75 Å². The molecule has 1 N–H and O–H groups in total. The Morgan fingerprint density at radius 2 is 2.06 bits per heavy atom. The average Bonchev–Trinajstić information content (AvgIpc) is 3.31. The zero-order chi connectivity index (χ0) is 25.5. The fourth-order valence-electron chi connectivity index (χ4n) is 3.04. The summed E-state index contributed by atoms with van der Waals surface area (Å²) in [4.78, 5) is 26.0. The summed E-state index contributed by atoms with van der Waals surface area (Å²) in [6.07, 6.45) is 1.70. The number of carbonyl (C=O) groups is 2. The van der Waals surface area contributed by atoms with Crippen LogP contribution >= 0.6 is 46.3 Å². The van der Waals surface area contributed by atoms with E-state index in [2.05, 4.69) is 22.1 Å². The molecule has 0 saturated heterocycles. The van der Waals surface area contributed by atoms with E-state index in [9.17, 15) is 9.59 Å². The number of esters is 1. The average molecular weight is 556 g/mol. The third kappa shape index (κ3) is 6.78. The number of hydrogen-bond donors (Lipinski definition) is 1. The van der Waals surface area contributed by atoms with Gasteiger partial charge in [-0.1, -0.05) is 41.0 Å². The normalized spacial score (nSPS) is 10.8. The van der Waals surface area contributed by atoms with Crippen LogP contribution in [0.1, 0.15) is 33.5 Å². The number of carbonyl (C=O) groups excluding carboxylic acids is 2. The fraction of sp³-hybridized carbons (Fsp3) is 0.304. The lowest BCUT2D eigenvalue weighted by atomic mass is 10.1. The molecule has 8 nitrogen and oxygen atoms in total. The Labute approximate surface area is 221 Å². The molecule has 0 bridgehead atoms. The van der Waals surface area contributed by atoms with E-state index >= 15 is 0 Å². The van der Waals surface area contributed by atoms with Gasteiger partial charge in [-0.05, 0) is 44.5 Å². The summed E-state index contributed by atoms with van der Waals surface area (Å²) < 4.78 is 12.7. The molecule has 0 aliphatic heterocycles. The van der Waals surface area contributed by atoms with E-state index < -0.39 is 5.97 Å². The molecule has 186 valence electrons. The predicted octanol–water partition coefficient (Wildman–Crippen LogP) is 5.94. The molecule has 0 aliphatic carbocycles. The molecule has 1 aromatic carbocycles. The molecule has 0 aliphatic rings. The molecule has 1 amide bonds. The third-order valence-corrected chi connectivity index (χ3v) is 7.43. The SMILES string of the molecule is C=CCn1c(COc2ccc(Cl)cc2Cl)nnc1SCC(=O)Nc1sc(C)c(C)c1C(=O)OCC. The predicted molar refractivity (Wildman–Crippen MR) is 140 cm³/mol. The number of ether oxygens (including phenoxy) is 2. The molecule has 0 spiro atoms. The van der Waals surface area contributed by atoms with Gasteiger partial charge < -0.3 is 14.8 Å². The second-order valence-electron chi connectivity index (χ2n) is 7.21. The molecule has 2 aromatic heterocycles. The van der Waals surface area contributed by atoms with Gasteiger partial charge in [-0.2, -0.15) is 0 Å². The van der Waals surface area contributed by atoms with Crippen molar-refractivity contribution in [3.05, 3.63) is 62.7 Å². The van der Waals surface area contributed by atoms with Crippen molar-refractivity contribution in [3.63, 3.8) is 0 Å². The number of hydrogen-bond acceptors (Lipinski definition) is 8. The summed E-state index contributed by atoms with van der Waals surface area (Å²) in [5, 5.41) is 13.1. The summed E-state index contributed by atoms with van der Waals surface area (Å²) >= 11 is 14.7. The zero-order valence-electron chi connectivity index (χ0n) is 19.4. The maximum atomic E-state index is 12.7. The second-order valence-corrected chi connectivity index (χ2v) is 10.2. The lowest BCUT2D eigenvalue weighted by Crippen LogP contribution is -2.17. The molecule has 0 radical (unpaired) electrons. The second kappa shape index (κ2) is 12.4. The summed E-state index contributed by atoms with van der Waals surface area (Å²) in [7, 11) is 0. The van der Waals surface area contributed by atoms with Crippen LogP contribution in [0.3, 0.4) is 0 Å². The van der Waals surface area contributed by atoms with E-state index in [0.29, 0.717) is 43.9 Å². The van der Waals surface area contributed by atoms with E-state index in [1.807, 2.05) is 13.8 Å². The first-order valence-corrected chi connectivity index (χ1v) is 13.1. The highest BCUT2D eigenvalue weighted by molar-refractivity contribution is 7.99. The summed E-state index contributed by atoms with van der Waals surface area (Å²) in [5.74, 6) is 0.357. The van der Waals surface area contributed by atoms with E-state index in [1.54, 1.807) is 35.8 Å². The van der Waals surface area contributed by atoms with Crippen molar-refractivity contribution in [2.75, 3.05) is 17.7 Å². The molecule has 3 aromatic rings. The molecule has 12 heteroatoms. The van der Waals surface area contributed by atoms with Crippen LogP contribution in [0.4, 0.5) is 5.00 Å². The van der Waals surface area contributed by atoms with Gasteiger partial charge in [0.15, 0.2) is 11.0 Å². The Morgan fingerprint density at radius 1 is 1.29 bits per heavy atom. The van der Waals surface area contributed by atoms with Crippen LogP contribution in [0.15, 0.2) is 36.0 Å². The summed E-state index contributed by atoms with van der Waals surface area (Å²) in [6.45, 7) is 10.1. The zero-order valence-corrected chi connectivity index (χ0v) is 22.5. The molecule has 0 saturated carbocycles. The summed E-state index contributed by atoms with van der Waals surface area (Å²) in [6, 6.07) is 4.95. The third-order valence-electron chi connectivity index (χ3n) is 4.81. The number of aryl methyl sites for hydroxylation is 1. The van der Waals surface area contributed by atoms with Crippen LogP contribution in [0, 0.1) is 13.8 Å². The molecule has 0 atom stereocenters. The van der Waals surface area contributed by atoms with Crippen LogP contribution in [-0.2, 0) is 22.7 Å². The van der Waals surface area contributed by atoms with Crippen molar-refractivity contribution in [1.82, 2.24) is 14.8 Å². The quantitative estimate of drug-likeness (QED) is 0.178. The van der Waals surface area contributed by atoms with Crippen LogP contribution in [0.2, 0.25) is 10.0 Å². The van der Waals surface area contributed by atoms with Gasteiger partial charge >= 0.3 is 5.97 Å². The van der Waals surface area contributed by atoms with Gasteiger partial charge in [0.2, 0.25) is 5.91 Å². The number of aromatic nitrogens is 3. The van der Waals surface area contributed by atoms with Gasteiger partial charge in [-0.15, -0.1) is 28.1 Å². The van der Waals surface area contributed by atoms with Crippen molar-refractivity contribution < 1.29 is 19.1 Å². The Kier molecular flexibility index (Phi) is 9.62. The van der Waals surface area contributed by atoms with Crippen LogP contribution in [-0.4, -0.2) is 39.0 Å². The van der Waals surface area contributed by atoms with Crippen molar-refractivity contribution in [1.29, 1.82) is 0 Å². The molecule has 3 rings (SSSR count). The molecular formula is C23H24Cl2N4O4S2. The van der Waals surface area contributed by atoms with Gasteiger partial charge in [-0.25, -0.2) is 4.79 Å². The van der Waals surface area contributed by atoms with E-state index in [0.717, 1.165) is 10.4 Å². The number of nitrogens with one attached hydrogen (secondary N) is 1. The minimum Gasteiger partial charge on any atom is -0.484 e. The largest absolute Gasteiger partial charge is 0.484 e. The van der Waals surface area contributed by atoms with E-state index in [4.69, 9.17) is 32.7 Å². The number of thiophene rings is 1. The Morgan fingerprint density at radius 3 is 2.74 bits per heavy atom. The minimum atomic E-state index is -0.450. The van der Waals surface area contributed by atoms with Crippen molar-refractivity contribution in [2.45, 2.75) is 39.1 Å². The topological polar surface area (TPSA) is 95.3 Å². The van der Waals surface area contributed by atoms with Gasteiger partial charge in [-0.3, -0.25) is 9.36 Å². The van der Waals surface area contributed by atoms with Gasteiger partial charge in [0.1, 0.15) is 17.4 Å². The lowest BCUT2D eigenvalue weighted by Gasteiger charge is -2.10. The van der Waals surface area contributed by atoms with Crippen molar-refractivity contribution >= 4 is 63.2 Å². The monoisotopic (exact) mass is 554 g/mol. The number of benzene rings is 1.